The van der Waals surface area contributed by atoms with E-state index in [-0.39, 0.29) is 0 Å². The molecule has 0 N–H and O–H groups in total. The third-order valence-corrected chi connectivity index (χ3v) is 3.32. The second-order valence-corrected chi connectivity index (χ2v) is 4.95. The van der Waals surface area contributed by atoms with Crippen LogP contribution in [-0.4, -0.2) is 29.2 Å². The summed E-state index contributed by atoms with van der Waals surface area (Å²) >= 11 is 0. The summed E-state index contributed by atoms with van der Waals surface area (Å²) < 4.78 is 1.84. The van der Waals surface area contributed by atoms with Gasteiger partial charge in [-0.2, -0.15) is 5.10 Å². The van der Waals surface area contributed by atoms with Crippen LogP contribution in [0.5, 0.6) is 0 Å². The fourth-order valence-electron chi connectivity index (χ4n) is 2.34. The minimum Gasteiger partial charge on any atom is -0.356 e. The summed E-state index contributed by atoms with van der Waals surface area (Å²) in [6, 6.07) is 0. The summed E-state index contributed by atoms with van der Waals surface area (Å²) in [5.74, 6) is 1.81. The van der Waals surface area contributed by atoms with Gasteiger partial charge in [-0.05, 0) is 32.1 Å². The Morgan fingerprint density at radius 3 is 2.76 bits per heavy atom. The Hall–Kier alpha value is -1.32. The fraction of sp³-hybridized carbons (Fsp3) is 0.692. The number of hydrogen-bond acceptors (Lipinski definition) is 3. The van der Waals surface area contributed by atoms with Crippen molar-refractivity contribution >= 4 is 12.1 Å². The average Bonchev–Trinajstić information content (AvgIpc) is 3.03. The van der Waals surface area contributed by atoms with Gasteiger partial charge >= 0.3 is 0 Å². The molecule has 0 bridgehead atoms. The van der Waals surface area contributed by atoms with Gasteiger partial charge in [-0.3, -0.25) is 9.48 Å². The van der Waals surface area contributed by atoms with Gasteiger partial charge in [0.2, 0.25) is 0 Å². The molecular weight excluding hydrogens is 214 g/mol. The lowest BCUT2D eigenvalue weighted by atomic mass is 10.2. The first-order chi connectivity index (χ1) is 8.17. The molecule has 1 fully saturated rings. The number of hydrogen-bond donors (Lipinski definition) is 0. The maximum absolute atomic E-state index is 11.2. The Morgan fingerprint density at radius 2 is 2.24 bits per heavy atom. The molecule has 4 nitrogen and oxygen atoms in total. The lowest BCUT2D eigenvalue weighted by Gasteiger charge is -2.24. The lowest BCUT2D eigenvalue weighted by molar-refractivity contribution is 0.112. The Morgan fingerprint density at radius 1 is 1.53 bits per heavy atom. The smallest absolute Gasteiger partial charge is 0.155 e. The van der Waals surface area contributed by atoms with Crippen molar-refractivity contribution in [1.29, 1.82) is 0 Å². The largest absolute Gasteiger partial charge is 0.356 e. The van der Waals surface area contributed by atoms with Gasteiger partial charge in [-0.25, -0.2) is 0 Å². The van der Waals surface area contributed by atoms with E-state index in [1.54, 1.807) is 0 Å². The van der Waals surface area contributed by atoms with Crippen LogP contribution in [0.4, 0.5) is 5.82 Å². The molecule has 1 aliphatic rings. The first-order valence-corrected chi connectivity index (χ1v) is 6.41. The third-order valence-electron chi connectivity index (χ3n) is 3.32. The van der Waals surface area contributed by atoms with Gasteiger partial charge in [0.25, 0.3) is 0 Å². The highest BCUT2D eigenvalue weighted by molar-refractivity contribution is 5.84. The van der Waals surface area contributed by atoms with Crippen molar-refractivity contribution in [2.45, 2.75) is 33.1 Å². The first-order valence-electron chi connectivity index (χ1n) is 6.41. The van der Waals surface area contributed by atoms with Crippen LogP contribution in [0.25, 0.3) is 0 Å². The molecule has 2 rings (SSSR count). The van der Waals surface area contributed by atoms with Crippen molar-refractivity contribution in [3.05, 3.63) is 11.3 Å². The summed E-state index contributed by atoms with van der Waals surface area (Å²) in [7, 11) is 1.92. The van der Waals surface area contributed by atoms with Crippen LogP contribution >= 0.6 is 0 Å². The number of carbonyl (C=O) groups is 1. The van der Waals surface area contributed by atoms with Gasteiger partial charge in [0.1, 0.15) is 5.82 Å². The molecule has 94 valence electrons. The van der Waals surface area contributed by atoms with Crippen LogP contribution in [-0.2, 0) is 7.05 Å². The van der Waals surface area contributed by atoms with Crippen LogP contribution in [0.15, 0.2) is 0 Å². The number of aromatic nitrogens is 2. The van der Waals surface area contributed by atoms with E-state index >= 15 is 0 Å². The van der Waals surface area contributed by atoms with Gasteiger partial charge < -0.3 is 4.90 Å². The van der Waals surface area contributed by atoms with Crippen LogP contribution < -0.4 is 4.90 Å². The van der Waals surface area contributed by atoms with Crippen molar-refractivity contribution < 1.29 is 4.79 Å². The van der Waals surface area contributed by atoms with E-state index in [1.807, 2.05) is 18.7 Å². The number of aldehydes is 1. The monoisotopic (exact) mass is 235 g/mol. The van der Waals surface area contributed by atoms with Gasteiger partial charge in [0.05, 0.1) is 11.3 Å². The third kappa shape index (κ3) is 2.51. The molecule has 4 heteroatoms. The molecule has 17 heavy (non-hydrogen) atoms. The second-order valence-electron chi connectivity index (χ2n) is 4.95. The van der Waals surface area contributed by atoms with Gasteiger partial charge in [0.15, 0.2) is 6.29 Å². The molecule has 0 spiro atoms. The summed E-state index contributed by atoms with van der Waals surface area (Å²) in [6.45, 7) is 6.13. The first kappa shape index (κ1) is 12.1. The summed E-state index contributed by atoms with van der Waals surface area (Å²) in [6.07, 6.45) is 4.68. The molecule has 0 unspecified atom stereocenters. The molecule has 0 saturated heterocycles. The zero-order chi connectivity index (χ0) is 12.4. The van der Waals surface area contributed by atoms with Crippen molar-refractivity contribution in [3.63, 3.8) is 0 Å². The number of nitrogens with zero attached hydrogens (tertiary/aromatic N) is 3. The fourth-order valence-corrected chi connectivity index (χ4v) is 2.34. The standard InChI is InChI=1S/C13H21N3O/c1-4-7-16(8-11-5-6-11)13-12(9-17)10(2)14-15(13)3/h9,11H,4-8H2,1-3H3. The van der Waals surface area contributed by atoms with Gasteiger partial charge in [-0.1, -0.05) is 6.92 Å². The van der Waals surface area contributed by atoms with E-state index in [0.717, 1.165) is 48.8 Å². The lowest BCUT2D eigenvalue weighted by Crippen LogP contribution is -2.29. The zero-order valence-electron chi connectivity index (χ0n) is 10.9. The summed E-state index contributed by atoms with van der Waals surface area (Å²) in [5.41, 5.74) is 1.58. The van der Waals surface area contributed by atoms with E-state index in [2.05, 4.69) is 16.9 Å². The van der Waals surface area contributed by atoms with Crippen LogP contribution in [0.2, 0.25) is 0 Å². The molecule has 1 saturated carbocycles. The molecule has 0 radical (unpaired) electrons. The highest BCUT2D eigenvalue weighted by Gasteiger charge is 2.27. The highest BCUT2D eigenvalue weighted by Crippen LogP contribution is 2.32. The predicted octanol–water partition coefficient (Wildman–Crippen LogP) is 2.17. The van der Waals surface area contributed by atoms with E-state index in [0.29, 0.717) is 0 Å². The Labute approximate surface area is 103 Å². The second kappa shape index (κ2) is 4.90. The number of carbonyl (C=O) groups excluding carboxylic acids is 1. The van der Waals surface area contributed by atoms with Gasteiger partial charge in [-0.15, -0.1) is 0 Å². The Balaban J connectivity index is 2.29. The molecule has 0 aliphatic heterocycles. The molecular formula is C13H21N3O. The minimum atomic E-state index is 0.751. The Kier molecular flexibility index (Phi) is 3.50. The summed E-state index contributed by atoms with van der Waals surface area (Å²) in [4.78, 5) is 13.5. The maximum atomic E-state index is 11.2. The molecule has 0 amide bonds. The predicted molar refractivity (Wildman–Crippen MR) is 68.6 cm³/mol. The number of rotatable bonds is 6. The Bertz CT molecular complexity index is 407. The van der Waals surface area contributed by atoms with Crippen LogP contribution in [0.1, 0.15) is 42.2 Å². The molecule has 1 heterocycles. The molecule has 0 aromatic carbocycles. The van der Waals surface area contributed by atoms with E-state index < -0.39 is 0 Å². The van der Waals surface area contributed by atoms with Gasteiger partial charge in [0, 0.05) is 20.1 Å². The quantitative estimate of drug-likeness (QED) is 0.709. The topological polar surface area (TPSA) is 38.1 Å². The maximum Gasteiger partial charge on any atom is 0.155 e. The zero-order valence-corrected chi connectivity index (χ0v) is 10.9. The summed E-state index contributed by atoms with van der Waals surface area (Å²) in [5, 5.41) is 4.36. The number of aryl methyl sites for hydroxylation is 2. The van der Waals surface area contributed by atoms with Crippen molar-refractivity contribution in [3.8, 4) is 0 Å². The molecule has 1 aromatic heterocycles. The van der Waals surface area contributed by atoms with E-state index in [4.69, 9.17) is 0 Å². The van der Waals surface area contributed by atoms with Crippen LogP contribution in [0.3, 0.4) is 0 Å². The van der Waals surface area contributed by atoms with E-state index in [9.17, 15) is 4.79 Å². The van der Waals surface area contributed by atoms with E-state index in [1.165, 1.54) is 12.8 Å². The average molecular weight is 235 g/mol. The number of anilines is 1. The van der Waals surface area contributed by atoms with Crippen molar-refractivity contribution in [2.75, 3.05) is 18.0 Å². The van der Waals surface area contributed by atoms with Crippen molar-refractivity contribution in [1.82, 2.24) is 9.78 Å². The minimum absolute atomic E-state index is 0.751. The molecule has 1 aliphatic carbocycles. The highest BCUT2D eigenvalue weighted by atomic mass is 16.1. The van der Waals surface area contributed by atoms with Crippen molar-refractivity contribution in [2.24, 2.45) is 13.0 Å². The van der Waals surface area contributed by atoms with Crippen LogP contribution in [0, 0.1) is 12.8 Å². The molecule has 0 atom stereocenters. The SMILES string of the molecule is CCCN(CC1CC1)c1c(C=O)c(C)nn1C. The molecule has 1 aromatic rings. The normalized spacial score (nSPS) is 15.0.